The van der Waals surface area contributed by atoms with Crippen LogP contribution in [0.15, 0.2) is 12.3 Å². The van der Waals surface area contributed by atoms with Gasteiger partial charge in [0.25, 0.3) is 5.69 Å². The molecule has 0 aliphatic carbocycles. The predicted octanol–water partition coefficient (Wildman–Crippen LogP) is 3.13. The third kappa shape index (κ3) is 7.15. The Labute approximate surface area is 174 Å². The van der Waals surface area contributed by atoms with E-state index < -0.39 is 31.6 Å². The van der Waals surface area contributed by atoms with Gasteiger partial charge in [-0.25, -0.2) is 9.17 Å². The van der Waals surface area contributed by atoms with Gasteiger partial charge in [0.2, 0.25) is 5.82 Å². The van der Waals surface area contributed by atoms with Crippen LogP contribution in [0.5, 0.6) is 0 Å². The van der Waals surface area contributed by atoms with Crippen LogP contribution in [0.4, 0.5) is 17.2 Å². The third-order valence-electron chi connectivity index (χ3n) is 5.40. The average molecular weight is 446 g/mol. The molecule has 0 bridgehead atoms. The van der Waals surface area contributed by atoms with Crippen LogP contribution in [0.3, 0.4) is 0 Å². The molecule has 1 N–H and O–H groups in total. The van der Waals surface area contributed by atoms with E-state index in [1.165, 1.54) is 0 Å². The van der Waals surface area contributed by atoms with Gasteiger partial charge >= 0.3 is 16.1 Å². The predicted molar refractivity (Wildman–Crippen MR) is 108 cm³/mol. The number of aromatic nitrogens is 1. The fourth-order valence-electron chi connectivity index (χ4n) is 3.79. The number of rotatable bonds is 8. The number of hydrogen-bond donors (Lipinski definition) is 1. The molecule has 2 heterocycles. The maximum atomic E-state index is 11.5. The molecule has 1 aromatic heterocycles. The smallest absolute Gasteiger partial charge is 0.351 e. The first-order chi connectivity index (χ1) is 14.1. The minimum atomic E-state index is -4.46. The van der Waals surface area contributed by atoms with Gasteiger partial charge in [0.15, 0.2) is 0 Å². The molecule has 2 rings (SSSR count). The maximum absolute atomic E-state index is 11.5. The van der Waals surface area contributed by atoms with Crippen LogP contribution >= 0.6 is 0 Å². The summed E-state index contributed by atoms with van der Waals surface area (Å²) in [4.78, 5) is 26.9. The molecule has 12 nitrogen and oxygen atoms in total. The lowest BCUT2D eigenvalue weighted by atomic mass is 9.84. The van der Waals surface area contributed by atoms with Gasteiger partial charge < -0.3 is 4.90 Å². The molecule has 2 unspecified atom stereocenters. The van der Waals surface area contributed by atoms with Gasteiger partial charge in [-0.1, -0.05) is 19.8 Å². The van der Waals surface area contributed by atoms with Crippen molar-refractivity contribution in [2.75, 3.05) is 24.6 Å². The molecule has 1 aromatic rings. The summed E-state index contributed by atoms with van der Waals surface area (Å²) < 4.78 is 34.4. The van der Waals surface area contributed by atoms with Crippen LogP contribution in [0.25, 0.3) is 0 Å². The highest BCUT2D eigenvalue weighted by molar-refractivity contribution is 7.80. The molecular formula is C17H26N4O8S. The largest absolute Gasteiger partial charge is 0.397 e. The maximum Gasteiger partial charge on any atom is 0.397 e. The number of pyridine rings is 1. The lowest BCUT2D eigenvalue weighted by Crippen LogP contribution is -2.29. The van der Waals surface area contributed by atoms with Crippen LogP contribution in [0, 0.1) is 32.1 Å². The monoisotopic (exact) mass is 446 g/mol. The van der Waals surface area contributed by atoms with Crippen molar-refractivity contribution < 1.29 is 27.0 Å². The Bertz CT molecular complexity index is 863. The molecule has 0 radical (unpaired) electrons. The summed E-state index contributed by atoms with van der Waals surface area (Å²) in [5, 5.41) is 22.4. The Morgan fingerprint density at radius 1 is 1.23 bits per heavy atom. The zero-order valence-corrected chi connectivity index (χ0v) is 17.5. The summed E-state index contributed by atoms with van der Waals surface area (Å²) in [6, 6.07) is 0.932. The molecule has 1 aliphatic heterocycles. The summed E-state index contributed by atoms with van der Waals surface area (Å²) in [7, 11) is -4.46. The molecule has 30 heavy (non-hydrogen) atoms. The molecule has 0 aromatic carbocycles. The lowest BCUT2D eigenvalue weighted by Gasteiger charge is -2.26. The molecule has 1 aliphatic rings. The van der Waals surface area contributed by atoms with Gasteiger partial charge in [-0.3, -0.25) is 24.8 Å². The van der Waals surface area contributed by atoms with Crippen molar-refractivity contribution in [1.29, 1.82) is 0 Å². The van der Waals surface area contributed by atoms with Gasteiger partial charge in [0.05, 0.1) is 22.5 Å². The van der Waals surface area contributed by atoms with Gasteiger partial charge in [0.1, 0.15) is 6.20 Å². The van der Waals surface area contributed by atoms with Crippen molar-refractivity contribution >= 4 is 27.6 Å². The van der Waals surface area contributed by atoms with E-state index in [-0.39, 0.29) is 18.3 Å². The minimum absolute atomic E-state index is 0.110. The van der Waals surface area contributed by atoms with Crippen molar-refractivity contribution in [3.63, 3.8) is 0 Å². The number of anilines is 1. The summed E-state index contributed by atoms with van der Waals surface area (Å²) in [6.07, 6.45) is 5.54. The normalized spacial score (nSPS) is 20.8. The van der Waals surface area contributed by atoms with Crippen molar-refractivity contribution in [3.05, 3.63) is 32.5 Å². The first-order valence-corrected chi connectivity index (χ1v) is 11.1. The first-order valence-electron chi connectivity index (χ1n) is 9.74. The van der Waals surface area contributed by atoms with Crippen molar-refractivity contribution in [3.8, 4) is 0 Å². The Balaban J connectivity index is 2.13. The first kappa shape index (κ1) is 23.9. The SMILES string of the molecule is CC1CCCCN(c2ncc([N+](=O)[O-])cc2[N+](=O)[O-])CCC1CCCOS(=O)(=O)O. The van der Waals surface area contributed by atoms with E-state index in [9.17, 15) is 28.6 Å². The van der Waals surface area contributed by atoms with Crippen LogP contribution < -0.4 is 4.90 Å². The van der Waals surface area contributed by atoms with E-state index in [2.05, 4.69) is 16.1 Å². The Hall–Kier alpha value is -2.38. The standard InChI is InChI=1S/C17H26N4O8S/c1-13-5-2-3-8-19(9-7-14(13)6-4-10-29-30(26,27)28)17-16(21(24)25)11-15(12-18-17)20(22)23/h11-14H,2-10H2,1H3,(H,26,27,28). The van der Waals surface area contributed by atoms with Crippen LogP contribution in [-0.4, -0.2) is 47.5 Å². The summed E-state index contributed by atoms with van der Waals surface area (Å²) in [5.74, 6) is 0.719. The molecule has 1 fully saturated rings. The highest BCUT2D eigenvalue weighted by atomic mass is 32.3. The second kappa shape index (κ2) is 10.6. The third-order valence-corrected chi connectivity index (χ3v) is 5.87. The van der Waals surface area contributed by atoms with Crippen LogP contribution in [-0.2, 0) is 14.6 Å². The van der Waals surface area contributed by atoms with Crippen molar-refractivity contribution in [2.24, 2.45) is 11.8 Å². The van der Waals surface area contributed by atoms with E-state index >= 15 is 0 Å². The Morgan fingerprint density at radius 3 is 2.60 bits per heavy atom. The minimum Gasteiger partial charge on any atom is -0.351 e. The van der Waals surface area contributed by atoms with E-state index in [4.69, 9.17) is 4.55 Å². The average Bonchev–Trinajstić information content (AvgIpc) is 2.75. The van der Waals surface area contributed by atoms with Gasteiger partial charge in [-0.15, -0.1) is 0 Å². The fraction of sp³-hybridized carbons (Fsp3) is 0.706. The van der Waals surface area contributed by atoms with E-state index in [0.717, 1.165) is 31.5 Å². The van der Waals surface area contributed by atoms with E-state index in [1.54, 1.807) is 4.90 Å². The van der Waals surface area contributed by atoms with Gasteiger partial charge in [-0.05, 0) is 37.5 Å². The zero-order valence-electron chi connectivity index (χ0n) is 16.7. The summed E-state index contributed by atoms with van der Waals surface area (Å²) >= 11 is 0. The Kier molecular flexibility index (Phi) is 8.43. The highest BCUT2D eigenvalue weighted by Gasteiger charge is 2.27. The molecule has 0 amide bonds. The molecule has 0 saturated carbocycles. The van der Waals surface area contributed by atoms with Crippen molar-refractivity contribution in [2.45, 2.75) is 45.4 Å². The fourth-order valence-corrected chi connectivity index (χ4v) is 4.11. The molecule has 2 atom stereocenters. The number of nitrogens with zero attached hydrogens (tertiary/aromatic N) is 4. The quantitative estimate of drug-likeness (QED) is 0.271. The van der Waals surface area contributed by atoms with Crippen molar-refractivity contribution in [1.82, 2.24) is 4.98 Å². The van der Waals surface area contributed by atoms with E-state index in [1.807, 2.05) is 0 Å². The lowest BCUT2D eigenvalue weighted by molar-refractivity contribution is -0.394. The van der Waals surface area contributed by atoms with Crippen LogP contribution in [0.1, 0.15) is 45.4 Å². The number of hydrogen-bond acceptors (Lipinski definition) is 9. The molecule has 1 saturated heterocycles. The highest BCUT2D eigenvalue weighted by Crippen LogP contribution is 2.33. The van der Waals surface area contributed by atoms with E-state index in [0.29, 0.717) is 38.3 Å². The summed E-state index contributed by atoms with van der Waals surface area (Å²) in [6.45, 7) is 3.05. The molecular weight excluding hydrogens is 420 g/mol. The van der Waals surface area contributed by atoms with Gasteiger partial charge in [0, 0.05) is 13.1 Å². The Morgan fingerprint density at radius 2 is 1.97 bits per heavy atom. The zero-order chi connectivity index (χ0) is 22.3. The second-order valence-corrected chi connectivity index (χ2v) is 8.54. The number of nitro groups is 2. The molecule has 0 spiro atoms. The second-order valence-electron chi connectivity index (χ2n) is 7.45. The van der Waals surface area contributed by atoms with Crippen LogP contribution in [0.2, 0.25) is 0 Å². The summed E-state index contributed by atoms with van der Waals surface area (Å²) in [5.41, 5.74) is -0.824. The van der Waals surface area contributed by atoms with Gasteiger partial charge in [-0.2, -0.15) is 8.42 Å². The topological polar surface area (TPSA) is 166 Å². The molecule has 13 heteroatoms. The molecule has 168 valence electrons.